The monoisotopic (exact) mass is 481 g/mol. The molecule has 1 aromatic carbocycles. The van der Waals surface area contributed by atoms with Crippen molar-refractivity contribution in [3.63, 3.8) is 0 Å². The molecular weight excluding hydrogens is 452 g/mol. The second-order valence-electron chi connectivity index (χ2n) is 8.73. The molecule has 1 saturated heterocycles. The van der Waals surface area contributed by atoms with Crippen molar-refractivity contribution in [3.8, 4) is 17.0 Å². The molecule has 35 heavy (non-hydrogen) atoms. The molecule has 0 aliphatic carbocycles. The van der Waals surface area contributed by atoms with E-state index >= 15 is 0 Å². The van der Waals surface area contributed by atoms with Gasteiger partial charge >= 0.3 is 0 Å². The third-order valence-electron chi connectivity index (χ3n) is 5.88. The first-order valence-electron chi connectivity index (χ1n) is 11.7. The number of benzene rings is 1. The third kappa shape index (κ3) is 5.74. The Kier molecular flexibility index (Phi) is 7.55. The van der Waals surface area contributed by atoms with Crippen LogP contribution in [0.2, 0.25) is 0 Å². The van der Waals surface area contributed by atoms with E-state index in [-0.39, 0.29) is 47.4 Å². The molecule has 9 heteroatoms. The van der Waals surface area contributed by atoms with Crippen molar-refractivity contribution in [1.29, 1.82) is 0 Å². The molecule has 2 atom stereocenters. The molecule has 0 bridgehead atoms. The minimum Gasteiger partial charge on any atom is -0.494 e. The minimum absolute atomic E-state index is 0.0373. The molecule has 2 aromatic heterocycles. The lowest BCUT2D eigenvalue weighted by Crippen LogP contribution is -2.48. The lowest BCUT2D eigenvalue weighted by atomic mass is 10.0. The number of ether oxygens (including phenoxy) is 1. The Morgan fingerprint density at radius 1 is 1.23 bits per heavy atom. The zero-order chi connectivity index (χ0) is 24.9. The second kappa shape index (κ2) is 10.8. The molecule has 0 spiro atoms. The minimum atomic E-state index is -1.04. The van der Waals surface area contributed by atoms with Crippen molar-refractivity contribution in [2.45, 2.75) is 38.4 Å². The first-order chi connectivity index (χ1) is 16.9. The van der Waals surface area contributed by atoms with Crippen LogP contribution < -0.4 is 21.1 Å². The summed E-state index contributed by atoms with van der Waals surface area (Å²) in [5.41, 5.74) is 14.1. The molecule has 3 heterocycles. The average Bonchev–Trinajstić information content (AvgIpc) is 2.83. The summed E-state index contributed by atoms with van der Waals surface area (Å²) in [5.74, 6) is -0.322. The number of aromatic nitrogens is 2. The Labute approximate surface area is 203 Å². The van der Waals surface area contributed by atoms with E-state index in [2.05, 4.69) is 9.97 Å². The summed E-state index contributed by atoms with van der Waals surface area (Å²) in [6.07, 6.45) is 3.21. The summed E-state index contributed by atoms with van der Waals surface area (Å²) in [4.78, 5) is 23.7. The van der Waals surface area contributed by atoms with E-state index in [1.54, 1.807) is 36.7 Å². The number of nitrogens with zero attached hydrogens (tertiary/aromatic N) is 3. The van der Waals surface area contributed by atoms with E-state index in [1.165, 1.54) is 12.1 Å². The van der Waals surface area contributed by atoms with Crippen LogP contribution in [0.1, 0.15) is 35.8 Å². The number of rotatable bonds is 8. The highest BCUT2D eigenvalue weighted by Crippen LogP contribution is 2.29. The molecule has 0 amide bonds. The fourth-order valence-electron chi connectivity index (χ4n) is 4.25. The lowest BCUT2D eigenvalue weighted by Gasteiger charge is -2.35. The Morgan fingerprint density at radius 2 is 2.06 bits per heavy atom. The number of hydrogen-bond acceptors (Lipinski definition) is 7. The third-order valence-corrected chi connectivity index (χ3v) is 5.88. The van der Waals surface area contributed by atoms with E-state index in [4.69, 9.17) is 16.2 Å². The van der Waals surface area contributed by atoms with E-state index < -0.39 is 12.0 Å². The van der Waals surface area contributed by atoms with Gasteiger partial charge in [-0.25, -0.2) is 13.8 Å². The van der Waals surface area contributed by atoms with Gasteiger partial charge in [0.05, 0.1) is 18.0 Å². The van der Waals surface area contributed by atoms with Gasteiger partial charge in [-0.3, -0.25) is 9.78 Å². The van der Waals surface area contributed by atoms with Crippen LogP contribution in [0, 0.1) is 5.82 Å². The predicted molar refractivity (Wildman–Crippen MR) is 132 cm³/mol. The van der Waals surface area contributed by atoms with Crippen molar-refractivity contribution < 1.29 is 18.3 Å². The van der Waals surface area contributed by atoms with Gasteiger partial charge in [-0.15, -0.1) is 0 Å². The number of alkyl halides is 1. The maximum absolute atomic E-state index is 14.6. The summed E-state index contributed by atoms with van der Waals surface area (Å²) in [7, 11) is 0. The van der Waals surface area contributed by atoms with Crippen LogP contribution >= 0.6 is 0 Å². The summed E-state index contributed by atoms with van der Waals surface area (Å²) in [6.45, 7) is 3.16. The number of anilines is 2. The molecule has 1 aliphatic heterocycles. The molecular formula is C26H29F2N5O2. The number of halogens is 2. The van der Waals surface area contributed by atoms with Gasteiger partial charge in [0.25, 0.3) is 0 Å². The predicted octanol–water partition coefficient (Wildman–Crippen LogP) is 3.95. The fraction of sp³-hybridized carbons (Fsp3) is 0.346. The normalized spacial score (nSPS) is 17.9. The Bertz CT molecular complexity index is 1200. The maximum Gasteiger partial charge on any atom is 0.187 e. The van der Waals surface area contributed by atoms with Crippen molar-refractivity contribution in [3.05, 3.63) is 65.9 Å². The SMILES string of the molecule is CCCOc1ccc(F)c(-c2ccc(N)c(C(=O)Cc3cnccc3N3C[C@@H](N)C[C@@H](F)C3)n2)c1. The number of pyridine rings is 2. The molecule has 1 fully saturated rings. The van der Waals surface area contributed by atoms with Gasteiger partial charge in [-0.1, -0.05) is 6.92 Å². The maximum atomic E-state index is 14.6. The molecule has 3 aromatic rings. The largest absolute Gasteiger partial charge is 0.494 e. The number of nitrogens with two attached hydrogens (primary N) is 2. The standard InChI is InChI=1S/C26H29F2N5O2/c1-2-9-35-19-3-4-21(28)20(12-19)23-6-5-22(30)26(32-23)25(34)10-16-13-31-8-7-24(16)33-14-17(27)11-18(29)15-33/h3-8,12-13,17-18H,2,9-11,14-15,29-30H2,1H3/t17-,18+/m1/s1. The Hall–Kier alpha value is -3.59. The van der Waals surface area contributed by atoms with Gasteiger partial charge in [0.2, 0.25) is 0 Å². The van der Waals surface area contributed by atoms with Gasteiger partial charge in [0.15, 0.2) is 5.78 Å². The van der Waals surface area contributed by atoms with Crippen LogP contribution in [-0.4, -0.2) is 47.7 Å². The number of nitrogen functional groups attached to an aromatic ring is 1. The fourth-order valence-corrected chi connectivity index (χ4v) is 4.25. The highest BCUT2D eigenvalue weighted by molar-refractivity contribution is 6.01. The molecule has 4 rings (SSSR count). The highest BCUT2D eigenvalue weighted by Gasteiger charge is 2.27. The van der Waals surface area contributed by atoms with Crippen LogP contribution in [0.5, 0.6) is 5.75 Å². The van der Waals surface area contributed by atoms with Crippen molar-refractivity contribution >= 4 is 17.2 Å². The van der Waals surface area contributed by atoms with E-state index in [1.807, 2.05) is 11.8 Å². The van der Waals surface area contributed by atoms with Crippen molar-refractivity contribution in [2.24, 2.45) is 5.73 Å². The van der Waals surface area contributed by atoms with Crippen LogP contribution in [0.4, 0.5) is 20.2 Å². The van der Waals surface area contributed by atoms with Crippen LogP contribution in [-0.2, 0) is 6.42 Å². The van der Waals surface area contributed by atoms with Gasteiger partial charge in [-0.05, 0) is 49.2 Å². The molecule has 7 nitrogen and oxygen atoms in total. The number of carbonyl (C=O) groups is 1. The summed E-state index contributed by atoms with van der Waals surface area (Å²) in [6, 6.07) is 8.98. The quantitative estimate of drug-likeness (QED) is 0.469. The van der Waals surface area contributed by atoms with E-state index in [9.17, 15) is 13.6 Å². The highest BCUT2D eigenvalue weighted by atomic mass is 19.1. The van der Waals surface area contributed by atoms with Gasteiger partial charge in [0.1, 0.15) is 23.4 Å². The van der Waals surface area contributed by atoms with Gasteiger partial charge in [0, 0.05) is 54.8 Å². The Balaban J connectivity index is 1.61. The van der Waals surface area contributed by atoms with E-state index in [0.717, 1.165) is 6.42 Å². The van der Waals surface area contributed by atoms with Crippen LogP contribution in [0.3, 0.4) is 0 Å². The van der Waals surface area contributed by atoms with Crippen LogP contribution in [0.25, 0.3) is 11.3 Å². The topological polar surface area (TPSA) is 107 Å². The summed E-state index contributed by atoms with van der Waals surface area (Å²) < 4.78 is 34.4. The zero-order valence-corrected chi connectivity index (χ0v) is 19.6. The Morgan fingerprint density at radius 3 is 2.83 bits per heavy atom. The van der Waals surface area contributed by atoms with Crippen molar-refractivity contribution in [2.75, 3.05) is 30.3 Å². The molecule has 0 radical (unpaired) electrons. The summed E-state index contributed by atoms with van der Waals surface area (Å²) >= 11 is 0. The number of carbonyl (C=O) groups excluding carboxylic acids is 1. The molecule has 4 N–H and O–H groups in total. The first-order valence-corrected chi connectivity index (χ1v) is 11.7. The van der Waals surface area contributed by atoms with E-state index in [0.29, 0.717) is 36.6 Å². The lowest BCUT2D eigenvalue weighted by molar-refractivity contribution is 0.0989. The molecule has 0 saturated carbocycles. The number of Topliss-reactive ketones (excluding diaryl/α,β-unsaturated/α-hetero) is 1. The molecule has 184 valence electrons. The molecule has 0 unspecified atom stereocenters. The number of hydrogen-bond donors (Lipinski definition) is 2. The summed E-state index contributed by atoms with van der Waals surface area (Å²) in [5, 5.41) is 0. The average molecular weight is 482 g/mol. The second-order valence-corrected chi connectivity index (χ2v) is 8.73. The zero-order valence-electron chi connectivity index (χ0n) is 19.6. The van der Waals surface area contributed by atoms with Gasteiger partial charge < -0.3 is 21.1 Å². The smallest absolute Gasteiger partial charge is 0.187 e. The van der Waals surface area contributed by atoms with Gasteiger partial charge in [-0.2, -0.15) is 0 Å². The van der Waals surface area contributed by atoms with Crippen molar-refractivity contribution in [1.82, 2.24) is 9.97 Å². The molecule has 1 aliphatic rings. The number of ketones is 1. The first kappa shape index (κ1) is 24.5. The number of piperidine rings is 1. The van der Waals surface area contributed by atoms with Crippen LogP contribution in [0.15, 0.2) is 48.8 Å².